The maximum Gasteiger partial charge on any atom is 0.345 e. The number of ether oxygens (including phenoxy) is 1. The molecule has 0 saturated heterocycles. The molecule has 1 aliphatic heterocycles. The van der Waals surface area contributed by atoms with E-state index in [2.05, 4.69) is 4.99 Å². The number of aliphatic imine (C=N–C) groups is 1. The van der Waals surface area contributed by atoms with Gasteiger partial charge < -0.3 is 4.74 Å². The zero-order valence-corrected chi connectivity index (χ0v) is 8.57. The first kappa shape index (κ1) is 10.4. The van der Waals surface area contributed by atoms with Gasteiger partial charge in [0.25, 0.3) is 0 Å². The van der Waals surface area contributed by atoms with Crippen LogP contribution in [0.25, 0.3) is 0 Å². The van der Waals surface area contributed by atoms with Gasteiger partial charge in [0.1, 0.15) is 0 Å². The van der Waals surface area contributed by atoms with E-state index in [4.69, 9.17) is 4.74 Å². The van der Waals surface area contributed by atoms with E-state index in [1.165, 1.54) is 0 Å². The first-order valence-corrected chi connectivity index (χ1v) is 4.61. The minimum absolute atomic E-state index is 0.314. The predicted octanol–water partition coefficient (Wildman–Crippen LogP) is 2.26. The molecule has 3 heteroatoms. The molecule has 1 aliphatic rings. The Balaban J connectivity index is 0.000000461. The van der Waals surface area contributed by atoms with Crippen molar-refractivity contribution >= 4 is 11.9 Å². The zero-order chi connectivity index (χ0) is 10.6. The van der Waals surface area contributed by atoms with Gasteiger partial charge >= 0.3 is 5.97 Å². The van der Waals surface area contributed by atoms with E-state index in [1.54, 1.807) is 19.2 Å². The maximum atomic E-state index is 11.1. The molecule has 14 heavy (non-hydrogen) atoms. The van der Waals surface area contributed by atoms with E-state index >= 15 is 0 Å². The van der Waals surface area contributed by atoms with E-state index in [-0.39, 0.29) is 5.97 Å². The summed E-state index contributed by atoms with van der Waals surface area (Å²) in [4.78, 5) is 15.0. The fourth-order valence-electron chi connectivity index (χ4n) is 1.21. The molecular weight excluding hydrogens is 178 g/mol. The van der Waals surface area contributed by atoms with Gasteiger partial charge in [-0.1, -0.05) is 26.0 Å². The van der Waals surface area contributed by atoms with Crippen LogP contribution in [-0.2, 0) is 4.74 Å². The number of carbonyl (C=O) groups is 1. The van der Waals surface area contributed by atoms with E-state index in [0.29, 0.717) is 11.5 Å². The van der Waals surface area contributed by atoms with Crippen molar-refractivity contribution in [2.45, 2.75) is 13.8 Å². The third-order valence-electron chi connectivity index (χ3n) is 1.77. The Hall–Kier alpha value is -1.64. The Morgan fingerprint density at radius 2 is 1.71 bits per heavy atom. The number of carbonyl (C=O) groups excluding carboxylic acids is 1. The fraction of sp³-hybridized carbons (Fsp3) is 0.273. The van der Waals surface area contributed by atoms with Gasteiger partial charge in [0, 0.05) is 7.05 Å². The normalized spacial score (nSPS) is 15.6. The number of nitrogens with zero attached hydrogens (tertiary/aromatic N) is 1. The lowest BCUT2D eigenvalue weighted by molar-refractivity contribution is 0.0737. The molecule has 0 unspecified atom stereocenters. The van der Waals surface area contributed by atoms with Crippen LogP contribution in [0.2, 0.25) is 0 Å². The topological polar surface area (TPSA) is 38.7 Å². The largest absolute Gasteiger partial charge is 0.404 e. The summed E-state index contributed by atoms with van der Waals surface area (Å²) < 4.78 is 4.89. The van der Waals surface area contributed by atoms with E-state index in [9.17, 15) is 4.79 Å². The number of fused-ring (bicyclic) bond motifs is 1. The summed E-state index contributed by atoms with van der Waals surface area (Å²) in [5.74, 6) is 0.0989. The fourth-order valence-corrected chi connectivity index (χ4v) is 1.21. The second-order valence-corrected chi connectivity index (χ2v) is 2.46. The summed E-state index contributed by atoms with van der Waals surface area (Å²) >= 11 is 0. The summed E-state index contributed by atoms with van der Waals surface area (Å²) in [6.07, 6.45) is 0. The van der Waals surface area contributed by atoms with Gasteiger partial charge in [0.2, 0.25) is 5.90 Å². The lowest BCUT2D eigenvalue weighted by atomic mass is 10.1. The van der Waals surface area contributed by atoms with Gasteiger partial charge in [-0.25, -0.2) is 4.79 Å². The van der Waals surface area contributed by atoms with Crippen molar-refractivity contribution in [3.05, 3.63) is 35.4 Å². The highest BCUT2D eigenvalue weighted by atomic mass is 16.5. The molecule has 0 radical (unpaired) electrons. The minimum Gasteiger partial charge on any atom is -0.404 e. The van der Waals surface area contributed by atoms with Crippen molar-refractivity contribution in [2.24, 2.45) is 4.99 Å². The Bertz CT molecular complexity index is 369. The van der Waals surface area contributed by atoms with Gasteiger partial charge in [-0.2, -0.15) is 0 Å². The van der Waals surface area contributed by atoms with Crippen LogP contribution >= 0.6 is 0 Å². The minimum atomic E-state index is -0.314. The van der Waals surface area contributed by atoms with E-state index in [0.717, 1.165) is 5.56 Å². The molecule has 0 spiro atoms. The standard InChI is InChI=1S/C9H7NO2.C2H6/c1-10-8-6-4-2-3-5-7(6)9(11)12-8;1-2/h2-5H,1H3;1-2H3. The zero-order valence-electron chi connectivity index (χ0n) is 8.57. The molecule has 0 bridgehead atoms. The van der Waals surface area contributed by atoms with Crippen molar-refractivity contribution in [2.75, 3.05) is 7.05 Å². The third-order valence-corrected chi connectivity index (χ3v) is 1.77. The average molecular weight is 191 g/mol. The molecule has 74 valence electrons. The summed E-state index contributed by atoms with van der Waals surface area (Å²) in [6.45, 7) is 4.00. The van der Waals surface area contributed by atoms with Gasteiger partial charge in [-0.05, 0) is 12.1 Å². The van der Waals surface area contributed by atoms with Crippen molar-refractivity contribution in [3.63, 3.8) is 0 Å². The summed E-state index contributed by atoms with van der Waals surface area (Å²) in [6, 6.07) is 7.21. The Morgan fingerprint density at radius 1 is 1.14 bits per heavy atom. The number of hydrogen-bond acceptors (Lipinski definition) is 3. The number of rotatable bonds is 0. The van der Waals surface area contributed by atoms with Crippen LogP contribution in [0, 0.1) is 0 Å². The molecule has 0 saturated carbocycles. The molecule has 0 fully saturated rings. The quantitative estimate of drug-likeness (QED) is 0.590. The van der Waals surface area contributed by atoms with Gasteiger partial charge in [0.05, 0.1) is 11.1 Å². The van der Waals surface area contributed by atoms with Crippen molar-refractivity contribution in [1.29, 1.82) is 0 Å². The molecule has 0 atom stereocenters. The van der Waals surface area contributed by atoms with E-state index < -0.39 is 0 Å². The van der Waals surface area contributed by atoms with Crippen molar-refractivity contribution in [1.82, 2.24) is 0 Å². The Labute approximate surface area is 83.4 Å². The smallest absolute Gasteiger partial charge is 0.345 e. The van der Waals surface area contributed by atoms with Gasteiger partial charge in [-0.15, -0.1) is 0 Å². The molecular formula is C11H13NO2. The summed E-state index contributed by atoms with van der Waals surface area (Å²) in [5, 5.41) is 0. The lowest BCUT2D eigenvalue weighted by Gasteiger charge is -1.91. The monoisotopic (exact) mass is 191 g/mol. The molecule has 0 aliphatic carbocycles. The average Bonchev–Trinajstić information content (AvgIpc) is 2.59. The Kier molecular flexibility index (Phi) is 3.40. The second kappa shape index (κ2) is 4.56. The highest BCUT2D eigenvalue weighted by molar-refractivity contribution is 6.16. The van der Waals surface area contributed by atoms with Crippen LogP contribution in [0.3, 0.4) is 0 Å². The predicted molar refractivity (Wildman–Crippen MR) is 55.7 cm³/mol. The molecule has 1 aromatic carbocycles. The second-order valence-electron chi connectivity index (χ2n) is 2.46. The molecule has 3 nitrogen and oxygen atoms in total. The van der Waals surface area contributed by atoms with Crippen LogP contribution in [0.5, 0.6) is 0 Å². The molecule has 1 heterocycles. The van der Waals surface area contributed by atoms with Crippen LogP contribution in [0.4, 0.5) is 0 Å². The lowest BCUT2D eigenvalue weighted by Crippen LogP contribution is -1.98. The summed E-state index contributed by atoms with van der Waals surface area (Å²) in [7, 11) is 1.60. The number of benzene rings is 1. The van der Waals surface area contributed by atoms with E-state index in [1.807, 2.05) is 26.0 Å². The van der Waals surface area contributed by atoms with Crippen LogP contribution in [-0.4, -0.2) is 18.9 Å². The van der Waals surface area contributed by atoms with Gasteiger partial charge in [-0.3, -0.25) is 4.99 Å². The molecule has 1 aromatic rings. The maximum absolute atomic E-state index is 11.1. The Morgan fingerprint density at radius 3 is 2.29 bits per heavy atom. The molecule has 0 aromatic heterocycles. The molecule has 0 amide bonds. The molecule has 2 rings (SSSR count). The first-order valence-electron chi connectivity index (χ1n) is 4.61. The number of cyclic esters (lactones) is 1. The van der Waals surface area contributed by atoms with Crippen LogP contribution in [0.15, 0.2) is 29.3 Å². The highest BCUT2D eigenvalue weighted by Gasteiger charge is 2.26. The number of esters is 1. The summed E-state index contributed by atoms with van der Waals surface area (Å²) in [5.41, 5.74) is 1.38. The first-order chi connectivity index (χ1) is 6.83. The SMILES string of the molecule is CC.CN=C1OC(=O)c2ccccc21. The van der Waals surface area contributed by atoms with Gasteiger partial charge in [0.15, 0.2) is 0 Å². The third kappa shape index (κ3) is 1.66. The van der Waals surface area contributed by atoms with Crippen molar-refractivity contribution < 1.29 is 9.53 Å². The van der Waals surface area contributed by atoms with Crippen LogP contribution < -0.4 is 0 Å². The highest BCUT2D eigenvalue weighted by Crippen LogP contribution is 2.19. The van der Waals surface area contributed by atoms with Crippen LogP contribution in [0.1, 0.15) is 29.8 Å². The van der Waals surface area contributed by atoms with Crippen molar-refractivity contribution in [3.8, 4) is 0 Å². The molecule has 0 N–H and O–H groups in total. The number of hydrogen-bond donors (Lipinski definition) is 0.